The number of hydrogen-bond donors (Lipinski definition) is 1. The smallest absolute Gasteiger partial charge is 0.312 e. The second-order valence-corrected chi connectivity index (χ2v) is 2.85. The van der Waals surface area contributed by atoms with E-state index >= 15 is 0 Å². The summed E-state index contributed by atoms with van der Waals surface area (Å²) in [6.07, 6.45) is -0.305. The summed E-state index contributed by atoms with van der Waals surface area (Å²) in [5.74, 6) is -1.30. The Morgan fingerprint density at radius 1 is 1.31 bits per heavy atom. The first kappa shape index (κ1) is 14.5. The van der Waals surface area contributed by atoms with Crippen molar-refractivity contribution in [3.05, 3.63) is 0 Å². The fraction of sp³-hybridized carbons (Fsp3) is 0.600. The lowest BCUT2D eigenvalue weighted by molar-refractivity contribution is -0.152. The molecule has 78 valence electrons. The van der Waals surface area contributed by atoms with Gasteiger partial charge in [-0.15, -0.1) is 9.35 Å². The predicted octanol–water partition coefficient (Wildman–Crippen LogP) is -1.16. The molecule has 0 aliphatic carbocycles. The van der Waals surface area contributed by atoms with E-state index in [1.165, 1.54) is 0 Å². The van der Waals surface area contributed by atoms with Crippen LogP contribution < -0.4 is 0 Å². The van der Waals surface area contributed by atoms with Crippen molar-refractivity contribution in [2.45, 2.75) is 13.8 Å². The molecule has 0 heterocycles. The van der Waals surface area contributed by atoms with Gasteiger partial charge in [0.15, 0.2) is 5.94 Å². The highest BCUT2D eigenvalue weighted by Gasteiger charge is 2.13. The topological polar surface area (TPSA) is 101 Å². The van der Waals surface area contributed by atoms with E-state index in [1.807, 2.05) is 13.8 Å². The Morgan fingerprint density at radius 2 is 1.69 bits per heavy atom. The maximum atomic E-state index is 10.3. The van der Waals surface area contributed by atoms with Gasteiger partial charge < -0.3 is 5.11 Å². The molecular weight excluding hydrogens is 202 g/mol. The molecule has 0 aliphatic rings. The molecule has 0 unspecified atom stereocenters. The molecule has 0 aromatic rings. The molecule has 0 aliphatic heterocycles. The average Bonchev–Trinajstić information content (AvgIpc) is 2.17. The zero-order valence-corrected chi connectivity index (χ0v) is 8.02. The van der Waals surface area contributed by atoms with Crippen LogP contribution >= 0.6 is 0 Å². The lowest BCUT2D eigenvalue weighted by atomic mass is 11.0. The number of hydrogen-bond acceptors (Lipinski definition) is 6. The second kappa shape index (κ2) is 7.65. The number of carbonyl (C=O) groups excluding carboxylic acids is 2. The molecule has 0 rings (SSSR count). The van der Waals surface area contributed by atoms with Gasteiger partial charge in [0.05, 0.1) is 0 Å². The van der Waals surface area contributed by atoms with Gasteiger partial charge in [-0.1, -0.05) is 13.8 Å². The maximum absolute atomic E-state index is 10.3. The van der Waals surface area contributed by atoms with E-state index in [2.05, 4.69) is 4.28 Å². The fourth-order valence-corrected chi connectivity index (χ4v) is 0.594. The van der Waals surface area contributed by atoms with E-state index in [9.17, 15) is 18.0 Å². The third-order valence-electron chi connectivity index (χ3n) is 0.566. The largest absolute Gasteiger partial charge is 0.378 e. The van der Waals surface area contributed by atoms with Crippen molar-refractivity contribution in [3.63, 3.8) is 0 Å². The minimum absolute atomic E-state index is 0.119. The van der Waals surface area contributed by atoms with Crippen molar-refractivity contribution in [1.82, 2.24) is 5.06 Å². The molecule has 0 fully saturated rings. The van der Waals surface area contributed by atoms with Gasteiger partial charge in [-0.2, -0.15) is 8.42 Å². The Bertz CT molecular complexity index is 227. The molecule has 1 N–H and O–H groups in total. The van der Waals surface area contributed by atoms with Crippen molar-refractivity contribution in [2.75, 3.05) is 5.94 Å². The first-order valence-corrected chi connectivity index (χ1v) is 4.85. The van der Waals surface area contributed by atoms with E-state index in [0.29, 0.717) is 0 Å². The summed E-state index contributed by atoms with van der Waals surface area (Å²) in [6, 6.07) is 0. The van der Waals surface area contributed by atoms with Crippen molar-refractivity contribution in [1.29, 1.82) is 0 Å². The van der Waals surface area contributed by atoms with Crippen LogP contribution in [0.2, 0.25) is 0 Å². The quantitative estimate of drug-likeness (QED) is 0.456. The monoisotopic (exact) mass is 213 g/mol. The Kier molecular flexibility index (Phi) is 8.55. The summed E-state index contributed by atoms with van der Waals surface area (Å²) in [7, 11) is -4.22. The van der Waals surface area contributed by atoms with Crippen LogP contribution in [0.4, 0.5) is 0 Å². The van der Waals surface area contributed by atoms with Crippen LogP contribution in [0.3, 0.4) is 0 Å². The molecule has 0 aromatic carbocycles. The van der Waals surface area contributed by atoms with Gasteiger partial charge in [0.25, 0.3) is 0 Å². The molecule has 2 amide bonds. The Morgan fingerprint density at radius 3 is 1.92 bits per heavy atom. The van der Waals surface area contributed by atoms with Gasteiger partial charge in [0.2, 0.25) is 12.8 Å². The van der Waals surface area contributed by atoms with Crippen LogP contribution in [0, 0.1) is 0 Å². The van der Waals surface area contributed by atoms with Crippen LogP contribution in [0.15, 0.2) is 0 Å². The van der Waals surface area contributed by atoms with Gasteiger partial charge in [-0.25, -0.2) is 0 Å². The van der Waals surface area contributed by atoms with Gasteiger partial charge in [0, 0.05) is 0 Å². The molecule has 0 atom stereocenters. The first-order chi connectivity index (χ1) is 6.05. The Labute approximate surface area is 76.0 Å². The fourth-order valence-electron chi connectivity index (χ4n) is 0.215. The van der Waals surface area contributed by atoms with Crippen LogP contribution in [-0.4, -0.2) is 37.3 Å². The minimum Gasteiger partial charge on any atom is -0.378 e. The number of nitrogens with zero attached hydrogens (tertiary/aromatic N) is 1. The normalized spacial score (nSPS) is 9.46. The number of imide groups is 1. The molecule has 0 spiro atoms. The van der Waals surface area contributed by atoms with E-state index < -0.39 is 16.1 Å². The summed E-state index contributed by atoms with van der Waals surface area (Å²) in [4.78, 5) is 19.5. The third kappa shape index (κ3) is 7.37. The lowest BCUT2D eigenvalue weighted by Crippen LogP contribution is -2.26. The van der Waals surface area contributed by atoms with Gasteiger partial charge in [-0.3, -0.25) is 9.59 Å². The van der Waals surface area contributed by atoms with Crippen molar-refractivity contribution < 1.29 is 27.4 Å². The molecule has 0 radical (unpaired) electrons. The van der Waals surface area contributed by atoms with Crippen LogP contribution in [-0.2, 0) is 24.0 Å². The first-order valence-electron chi connectivity index (χ1n) is 3.28. The molecule has 0 aromatic heterocycles. The Hall–Kier alpha value is -0.990. The zero-order chi connectivity index (χ0) is 10.9. The van der Waals surface area contributed by atoms with Gasteiger partial charge in [-0.05, 0) is 0 Å². The molecular formula is C5H11NO6S. The average molecular weight is 213 g/mol. The SMILES string of the molecule is CC.O=CN(C=O)OS(=O)(=O)CO. The van der Waals surface area contributed by atoms with Crippen LogP contribution in [0.25, 0.3) is 0 Å². The highest BCUT2D eigenvalue weighted by atomic mass is 32.2. The predicted molar refractivity (Wildman–Crippen MR) is 42.4 cm³/mol. The third-order valence-corrected chi connectivity index (χ3v) is 1.28. The Balaban J connectivity index is 0. The van der Waals surface area contributed by atoms with Gasteiger partial charge in [0.1, 0.15) is 0 Å². The molecule has 0 saturated heterocycles. The lowest BCUT2D eigenvalue weighted by Gasteiger charge is -2.05. The standard InChI is InChI=1S/C3H5NO6S.C2H6/c5-1-4(2-6)10-11(8,9)3-7;1-2/h1-2,7H,3H2;1-2H3. The molecule has 0 bridgehead atoms. The number of aliphatic hydroxyl groups excluding tert-OH is 1. The van der Waals surface area contributed by atoms with E-state index in [4.69, 9.17) is 5.11 Å². The minimum atomic E-state index is -4.22. The highest BCUT2D eigenvalue weighted by Crippen LogP contribution is 1.92. The van der Waals surface area contributed by atoms with E-state index in [-0.39, 0.29) is 17.9 Å². The number of aliphatic hydroxyl groups is 1. The highest BCUT2D eigenvalue weighted by molar-refractivity contribution is 7.86. The summed E-state index contributed by atoms with van der Waals surface area (Å²) < 4.78 is 24.3. The van der Waals surface area contributed by atoms with Crippen molar-refractivity contribution in [2.24, 2.45) is 0 Å². The number of rotatable bonds is 5. The molecule has 7 nitrogen and oxygen atoms in total. The van der Waals surface area contributed by atoms with E-state index in [0.717, 1.165) is 0 Å². The summed E-state index contributed by atoms with van der Waals surface area (Å²) in [5.41, 5.74) is 0. The summed E-state index contributed by atoms with van der Waals surface area (Å²) in [5, 5.41) is 7.94. The number of amides is 2. The van der Waals surface area contributed by atoms with Crippen molar-refractivity contribution in [3.8, 4) is 0 Å². The van der Waals surface area contributed by atoms with Crippen molar-refractivity contribution >= 4 is 22.9 Å². The van der Waals surface area contributed by atoms with Crippen LogP contribution in [0.5, 0.6) is 0 Å². The van der Waals surface area contributed by atoms with Gasteiger partial charge >= 0.3 is 10.1 Å². The van der Waals surface area contributed by atoms with Crippen LogP contribution in [0.1, 0.15) is 13.8 Å². The molecule has 0 saturated carbocycles. The number of carbonyl (C=O) groups is 2. The zero-order valence-electron chi connectivity index (χ0n) is 7.21. The second-order valence-electron chi connectivity index (χ2n) is 1.33. The summed E-state index contributed by atoms with van der Waals surface area (Å²) >= 11 is 0. The number of hydroxylamine groups is 2. The van der Waals surface area contributed by atoms with E-state index in [1.54, 1.807) is 0 Å². The maximum Gasteiger partial charge on any atom is 0.312 e. The molecule has 8 heteroatoms. The molecule has 13 heavy (non-hydrogen) atoms. The summed E-state index contributed by atoms with van der Waals surface area (Å²) in [6.45, 7) is 4.00.